The molecule has 0 saturated heterocycles. The molecule has 1 atom stereocenters. The predicted molar refractivity (Wildman–Crippen MR) is 64.4 cm³/mol. The Bertz CT molecular complexity index is 456. The van der Waals surface area contributed by atoms with Gasteiger partial charge in [0.15, 0.2) is 5.60 Å². The lowest BCUT2D eigenvalue weighted by molar-refractivity contribution is -0.142. The maximum atomic E-state index is 12.1. The standard InChI is InChI=1S/C13H17NO3/c1-13(12(15)14(2)3)8-9-5-6-10(16-4)7-11(9)17-13/h5-7H,8H2,1-4H3. The number of nitrogens with zero attached hydrogens (tertiary/aromatic N) is 1. The van der Waals surface area contributed by atoms with Crippen molar-refractivity contribution in [2.45, 2.75) is 18.9 Å². The first kappa shape index (κ1) is 11.8. The van der Waals surface area contributed by atoms with E-state index in [4.69, 9.17) is 9.47 Å². The molecule has 17 heavy (non-hydrogen) atoms. The summed E-state index contributed by atoms with van der Waals surface area (Å²) in [7, 11) is 5.09. The van der Waals surface area contributed by atoms with Crippen molar-refractivity contribution in [3.63, 3.8) is 0 Å². The van der Waals surface area contributed by atoms with Crippen molar-refractivity contribution >= 4 is 5.91 Å². The molecule has 0 N–H and O–H groups in total. The Balaban J connectivity index is 2.29. The maximum absolute atomic E-state index is 12.1. The highest BCUT2D eigenvalue weighted by Gasteiger charge is 2.42. The fourth-order valence-electron chi connectivity index (χ4n) is 2.14. The van der Waals surface area contributed by atoms with E-state index in [0.717, 1.165) is 17.1 Å². The van der Waals surface area contributed by atoms with E-state index in [-0.39, 0.29) is 5.91 Å². The molecule has 1 aliphatic rings. The fourth-order valence-corrected chi connectivity index (χ4v) is 2.14. The normalized spacial score (nSPS) is 21.6. The topological polar surface area (TPSA) is 38.8 Å². The summed E-state index contributed by atoms with van der Waals surface area (Å²) in [6.45, 7) is 1.82. The highest BCUT2D eigenvalue weighted by atomic mass is 16.5. The summed E-state index contributed by atoms with van der Waals surface area (Å²) < 4.78 is 10.9. The smallest absolute Gasteiger partial charge is 0.266 e. The van der Waals surface area contributed by atoms with Crippen LogP contribution >= 0.6 is 0 Å². The van der Waals surface area contributed by atoms with Crippen molar-refractivity contribution in [1.82, 2.24) is 4.90 Å². The number of rotatable bonds is 2. The Morgan fingerprint density at radius 3 is 2.76 bits per heavy atom. The van der Waals surface area contributed by atoms with Gasteiger partial charge in [0.2, 0.25) is 0 Å². The van der Waals surface area contributed by atoms with Crippen molar-refractivity contribution in [2.75, 3.05) is 21.2 Å². The Labute approximate surface area is 101 Å². The SMILES string of the molecule is COc1ccc2c(c1)OC(C)(C(=O)N(C)C)C2. The summed E-state index contributed by atoms with van der Waals surface area (Å²) in [5.74, 6) is 1.46. The molecular formula is C13H17NO3. The third kappa shape index (κ3) is 1.95. The predicted octanol–water partition coefficient (Wildman–Crippen LogP) is 1.48. The molecule has 0 spiro atoms. The lowest BCUT2D eigenvalue weighted by Gasteiger charge is -2.26. The molecule has 1 aliphatic heterocycles. The minimum atomic E-state index is -0.793. The summed E-state index contributed by atoms with van der Waals surface area (Å²) in [5, 5.41) is 0. The Kier molecular flexibility index (Phi) is 2.73. The first-order chi connectivity index (χ1) is 7.96. The van der Waals surface area contributed by atoms with Gasteiger partial charge in [0, 0.05) is 26.6 Å². The van der Waals surface area contributed by atoms with Crippen LogP contribution in [0.1, 0.15) is 12.5 Å². The Hall–Kier alpha value is -1.71. The number of carbonyl (C=O) groups is 1. The fraction of sp³-hybridized carbons (Fsp3) is 0.462. The molecule has 2 rings (SSSR count). The Morgan fingerprint density at radius 1 is 1.47 bits per heavy atom. The van der Waals surface area contributed by atoms with E-state index in [1.807, 2.05) is 25.1 Å². The van der Waals surface area contributed by atoms with Crippen LogP contribution in [0.2, 0.25) is 0 Å². The van der Waals surface area contributed by atoms with Crippen LogP contribution in [-0.4, -0.2) is 37.6 Å². The van der Waals surface area contributed by atoms with Gasteiger partial charge >= 0.3 is 0 Å². The number of likely N-dealkylation sites (N-methyl/N-ethyl adjacent to an activating group) is 1. The highest BCUT2D eigenvalue weighted by Crippen LogP contribution is 2.38. The number of benzene rings is 1. The summed E-state index contributed by atoms with van der Waals surface area (Å²) in [4.78, 5) is 13.6. The van der Waals surface area contributed by atoms with Gasteiger partial charge in [0.05, 0.1) is 7.11 Å². The molecule has 4 nitrogen and oxygen atoms in total. The van der Waals surface area contributed by atoms with Gasteiger partial charge in [-0.05, 0) is 18.6 Å². The first-order valence-corrected chi connectivity index (χ1v) is 5.54. The van der Waals surface area contributed by atoms with Crippen molar-refractivity contribution in [3.05, 3.63) is 23.8 Å². The van der Waals surface area contributed by atoms with Crippen molar-refractivity contribution in [2.24, 2.45) is 0 Å². The van der Waals surface area contributed by atoms with Gasteiger partial charge < -0.3 is 14.4 Å². The van der Waals surface area contributed by atoms with Crippen LogP contribution in [0.3, 0.4) is 0 Å². The highest BCUT2D eigenvalue weighted by molar-refractivity contribution is 5.86. The maximum Gasteiger partial charge on any atom is 0.266 e. The summed E-state index contributed by atoms with van der Waals surface area (Å²) in [6, 6.07) is 5.65. The van der Waals surface area contributed by atoms with E-state index in [9.17, 15) is 4.79 Å². The van der Waals surface area contributed by atoms with E-state index in [0.29, 0.717) is 6.42 Å². The van der Waals surface area contributed by atoms with Gasteiger partial charge in [-0.3, -0.25) is 4.79 Å². The molecule has 0 fully saturated rings. The van der Waals surface area contributed by atoms with Crippen LogP contribution in [0.25, 0.3) is 0 Å². The van der Waals surface area contributed by atoms with Crippen LogP contribution in [0.5, 0.6) is 11.5 Å². The van der Waals surface area contributed by atoms with Gasteiger partial charge in [-0.15, -0.1) is 0 Å². The lowest BCUT2D eigenvalue weighted by Crippen LogP contribution is -2.47. The molecule has 92 valence electrons. The zero-order chi connectivity index (χ0) is 12.6. The van der Waals surface area contributed by atoms with Gasteiger partial charge in [-0.25, -0.2) is 0 Å². The van der Waals surface area contributed by atoms with Crippen molar-refractivity contribution in [3.8, 4) is 11.5 Å². The molecule has 1 amide bonds. The van der Waals surface area contributed by atoms with Crippen LogP contribution in [0.15, 0.2) is 18.2 Å². The molecule has 0 saturated carbocycles. The third-order valence-corrected chi connectivity index (χ3v) is 3.00. The second kappa shape index (κ2) is 3.95. The number of hydrogen-bond donors (Lipinski definition) is 0. The molecule has 0 aromatic heterocycles. The van der Waals surface area contributed by atoms with Crippen LogP contribution in [-0.2, 0) is 11.2 Å². The average Bonchev–Trinajstić information content (AvgIpc) is 2.64. The van der Waals surface area contributed by atoms with Crippen LogP contribution < -0.4 is 9.47 Å². The molecular weight excluding hydrogens is 218 g/mol. The zero-order valence-electron chi connectivity index (χ0n) is 10.6. The summed E-state index contributed by atoms with van der Waals surface area (Å²) >= 11 is 0. The molecule has 1 aromatic carbocycles. The minimum Gasteiger partial charge on any atom is -0.497 e. The van der Waals surface area contributed by atoms with E-state index in [1.54, 1.807) is 26.1 Å². The van der Waals surface area contributed by atoms with E-state index in [1.165, 1.54) is 0 Å². The number of hydrogen-bond acceptors (Lipinski definition) is 3. The monoisotopic (exact) mass is 235 g/mol. The van der Waals surface area contributed by atoms with Crippen molar-refractivity contribution < 1.29 is 14.3 Å². The summed E-state index contributed by atoms with van der Waals surface area (Å²) in [5.41, 5.74) is 0.251. The molecule has 0 radical (unpaired) electrons. The summed E-state index contributed by atoms with van der Waals surface area (Å²) in [6.07, 6.45) is 0.601. The van der Waals surface area contributed by atoms with Gasteiger partial charge in [0.25, 0.3) is 5.91 Å². The van der Waals surface area contributed by atoms with Gasteiger partial charge in [-0.2, -0.15) is 0 Å². The second-order valence-corrected chi connectivity index (χ2v) is 4.68. The van der Waals surface area contributed by atoms with E-state index < -0.39 is 5.60 Å². The number of amides is 1. The van der Waals surface area contributed by atoms with Crippen LogP contribution in [0, 0.1) is 0 Å². The first-order valence-electron chi connectivity index (χ1n) is 5.54. The Morgan fingerprint density at radius 2 is 2.18 bits per heavy atom. The van der Waals surface area contributed by atoms with Crippen LogP contribution in [0.4, 0.5) is 0 Å². The molecule has 1 heterocycles. The quantitative estimate of drug-likeness (QED) is 0.779. The number of carbonyl (C=O) groups excluding carboxylic acids is 1. The molecule has 4 heteroatoms. The minimum absolute atomic E-state index is 0.0207. The molecule has 0 aliphatic carbocycles. The number of methoxy groups -OCH3 is 1. The van der Waals surface area contributed by atoms with Gasteiger partial charge in [0.1, 0.15) is 11.5 Å². The molecule has 0 bridgehead atoms. The zero-order valence-corrected chi connectivity index (χ0v) is 10.6. The van der Waals surface area contributed by atoms with E-state index >= 15 is 0 Å². The third-order valence-electron chi connectivity index (χ3n) is 3.00. The largest absolute Gasteiger partial charge is 0.497 e. The lowest BCUT2D eigenvalue weighted by atomic mass is 9.98. The number of ether oxygens (including phenoxy) is 2. The second-order valence-electron chi connectivity index (χ2n) is 4.68. The van der Waals surface area contributed by atoms with Gasteiger partial charge in [-0.1, -0.05) is 6.07 Å². The molecule has 1 unspecified atom stereocenters. The average molecular weight is 235 g/mol. The van der Waals surface area contributed by atoms with E-state index in [2.05, 4.69) is 0 Å². The van der Waals surface area contributed by atoms with Crippen molar-refractivity contribution in [1.29, 1.82) is 0 Å². The number of fused-ring (bicyclic) bond motifs is 1. The molecule has 1 aromatic rings.